The summed E-state index contributed by atoms with van der Waals surface area (Å²) in [6, 6.07) is 10.2. The molecule has 3 aromatic rings. The summed E-state index contributed by atoms with van der Waals surface area (Å²) < 4.78 is 11.2. The highest BCUT2D eigenvalue weighted by Gasteiger charge is 2.10. The van der Waals surface area contributed by atoms with E-state index in [0.29, 0.717) is 40.5 Å². The molecule has 0 aliphatic carbocycles. The average Bonchev–Trinajstić information content (AvgIpc) is 2.60. The quantitative estimate of drug-likeness (QED) is 0.699. The molecule has 0 fully saturated rings. The van der Waals surface area contributed by atoms with E-state index < -0.39 is 5.91 Å². The number of amides is 1. The zero-order chi connectivity index (χ0) is 17.8. The van der Waals surface area contributed by atoms with Crippen LogP contribution in [0.15, 0.2) is 36.4 Å². The fourth-order valence-electron chi connectivity index (χ4n) is 2.24. The number of ether oxygens (including phenoxy) is 2. The van der Waals surface area contributed by atoms with Gasteiger partial charge < -0.3 is 20.9 Å². The molecular formula is C17H17N5O3. The third-order valence-corrected chi connectivity index (χ3v) is 3.39. The monoisotopic (exact) mass is 339 g/mol. The van der Waals surface area contributed by atoms with Crippen LogP contribution in [0.2, 0.25) is 0 Å². The molecule has 0 saturated heterocycles. The maximum absolute atomic E-state index is 11.1. The van der Waals surface area contributed by atoms with Gasteiger partial charge in [-0.05, 0) is 43.3 Å². The summed E-state index contributed by atoms with van der Waals surface area (Å²) in [6.45, 7) is 2.54. The van der Waals surface area contributed by atoms with E-state index in [9.17, 15) is 4.79 Å². The molecule has 0 saturated carbocycles. The number of aromatic nitrogens is 3. The summed E-state index contributed by atoms with van der Waals surface area (Å²) in [4.78, 5) is 23.8. The van der Waals surface area contributed by atoms with E-state index in [2.05, 4.69) is 15.0 Å². The number of fused-ring (bicyclic) bond motifs is 1. The van der Waals surface area contributed by atoms with Gasteiger partial charge in [-0.15, -0.1) is 0 Å². The molecule has 2 heterocycles. The van der Waals surface area contributed by atoms with E-state index in [4.69, 9.17) is 20.9 Å². The summed E-state index contributed by atoms with van der Waals surface area (Å²) in [5.74, 6) is 0.602. The summed E-state index contributed by atoms with van der Waals surface area (Å²) in [5.41, 5.74) is 13.1. The molecule has 3 rings (SSSR count). The molecule has 0 bridgehead atoms. The number of nitrogens with zero attached hydrogens (tertiary/aromatic N) is 3. The summed E-state index contributed by atoms with van der Waals surface area (Å²) in [5, 5.41) is 0. The average molecular weight is 339 g/mol. The first-order valence-electron chi connectivity index (χ1n) is 7.65. The van der Waals surface area contributed by atoms with Crippen molar-refractivity contribution in [1.82, 2.24) is 15.0 Å². The Morgan fingerprint density at radius 2 is 1.80 bits per heavy atom. The van der Waals surface area contributed by atoms with E-state index >= 15 is 0 Å². The third kappa shape index (κ3) is 3.74. The molecule has 8 nitrogen and oxygen atoms in total. The minimum atomic E-state index is -0.481. The van der Waals surface area contributed by atoms with Crippen molar-refractivity contribution in [3.8, 4) is 11.6 Å². The Morgan fingerprint density at radius 3 is 2.48 bits per heavy atom. The molecule has 0 aliphatic heterocycles. The van der Waals surface area contributed by atoms with Gasteiger partial charge in [0.15, 0.2) is 5.52 Å². The minimum Gasteiger partial charge on any atom is -0.487 e. The SMILES string of the molecule is CCOc1nc(N)nc2ccc(COc3ccc(C(N)=O)cc3)nc12. The van der Waals surface area contributed by atoms with Crippen LogP contribution in [-0.2, 0) is 6.61 Å². The second kappa shape index (κ2) is 7.00. The fourth-order valence-corrected chi connectivity index (χ4v) is 2.24. The van der Waals surface area contributed by atoms with Gasteiger partial charge in [-0.3, -0.25) is 4.79 Å². The number of nitrogen functional groups attached to an aromatic ring is 1. The highest BCUT2D eigenvalue weighted by atomic mass is 16.5. The van der Waals surface area contributed by atoms with Gasteiger partial charge in [0, 0.05) is 5.56 Å². The van der Waals surface area contributed by atoms with Crippen LogP contribution in [0.3, 0.4) is 0 Å². The number of hydrogen-bond donors (Lipinski definition) is 2. The summed E-state index contributed by atoms with van der Waals surface area (Å²) >= 11 is 0. The molecular weight excluding hydrogens is 322 g/mol. The normalized spacial score (nSPS) is 10.6. The van der Waals surface area contributed by atoms with Gasteiger partial charge in [0.2, 0.25) is 17.7 Å². The van der Waals surface area contributed by atoms with Crippen LogP contribution in [0.5, 0.6) is 11.6 Å². The van der Waals surface area contributed by atoms with Crippen LogP contribution in [-0.4, -0.2) is 27.5 Å². The first-order chi connectivity index (χ1) is 12.1. The van der Waals surface area contributed by atoms with Crippen LogP contribution in [0.4, 0.5) is 5.95 Å². The van der Waals surface area contributed by atoms with Gasteiger partial charge in [0.05, 0.1) is 17.8 Å². The van der Waals surface area contributed by atoms with Gasteiger partial charge in [-0.2, -0.15) is 4.98 Å². The van der Waals surface area contributed by atoms with Crippen molar-refractivity contribution in [2.24, 2.45) is 5.73 Å². The lowest BCUT2D eigenvalue weighted by Gasteiger charge is -2.09. The lowest BCUT2D eigenvalue weighted by atomic mass is 10.2. The second-order valence-electron chi connectivity index (χ2n) is 5.17. The van der Waals surface area contributed by atoms with E-state index in [1.807, 2.05) is 6.92 Å². The molecule has 2 aromatic heterocycles. The van der Waals surface area contributed by atoms with Crippen molar-refractivity contribution in [1.29, 1.82) is 0 Å². The highest BCUT2D eigenvalue weighted by Crippen LogP contribution is 2.22. The van der Waals surface area contributed by atoms with Crippen LogP contribution >= 0.6 is 0 Å². The first kappa shape index (κ1) is 16.4. The van der Waals surface area contributed by atoms with Gasteiger partial charge in [0.1, 0.15) is 12.4 Å². The van der Waals surface area contributed by atoms with Crippen molar-refractivity contribution < 1.29 is 14.3 Å². The predicted molar refractivity (Wildman–Crippen MR) is 92.2 cm³/mol. The smallest absolute Gasteiger partial charge is 0.248 e. The van der Waals surface area contributed by atoms with Gasteiger partial charge in [0.25, 0.3) is 0 Å². The zero-order valence-electron chi connectivity index (χ0n) is 13.6. The maximum Gasteiger partial charge on any atom is 0.248 e. The lowest BCUT2D eigenvalue weighted by Crippen LogP contribution is -2.10. The minimum absolute atomic E-state index is 0.135. The molecule has 0 aliphatic rings. The van der Waals surface area contributed by atoms with Crippen LogP contribution in [0.25, 0.3) is 11.0 Å². The summed E-state index contributed by atoms with van der Waals surface area (Å²) in [7, 11) is 0. The molecule has 0 radical (unpaired) electrons. The van der Waals surface area contributed by atoms with Gasteiger partial charge in [-0.25, -0.2) is 9.97 Å². The Kier molecular flexibility index (Phi) is 4.60. The number of pyridine rings is 1. The number of nitrogens with two attached hydrogens (primary N) is 2. The van der Waals surface area contributed by atoms with E-state index in [0.717, 1.165) is 0 Å². The van der Waals surface area contributed by atoms with Crippen molar-refractivity contribution >= 4 is 22.9 Å². The zero-order valence-corrected chi connectivity index (χ0v) is 13.6. The molecule has 1 aromatic carbocycles. The molecule has 4 N–H and O–H groups in total. The largest absolute Gasteiger partial charge is 0.487 e. The van der Waals surface area contributed by atoms with Crippen LogP contribution < -0.4 is 20.9 Å². The first-order valence-corrected chi connectivity index (χ1v) is 7.65. The number of benzene rings is 1. The Bertz CT molecular complexity index is 912. The number of primary amides is 1. The van der Waals surface area contributed by atoms with Gasteiger partial charge >= 0.3 is 0 Å². The van der Waals surface area contributed by atoms with E-state index in [-0.39, 0.29) is 12.6 Å². The Labute approximate surface area is 143 Å². The standard InChI is InChI=1S/C17H17N5O3/c1-2-24-16-14-13(21-17(19)22-16)8-5-11(20-14)9-25-12-6-3-10(4-7-12)15(18)23/h3-8H,2,9H2,1H3,(H2,18,23)(H2,19,21,22). The predicted octanol–water partition coefficient (Wildman–Crippen LogP) is 1.68. The van der Waals surface area contributed by atoms with Gasteiger partial charge in [-0.1, -0.05) is 0 Å². The third-order valence-electron chi connectivity index (χ3n) is 3.39. The Balaban J connectivity index is 1.80. The van der Waals surface area contributed by atoms with Crippen molar-refractivity contribution in [3.05, 3.63) is 47.7 Å². The molecule has 0 atom stereocenters. The topological polar surface area (TPSA) is 126 Å². The molecule has 8 heteroatoms. The Hall–Kier alpha value is -3.42. The van der Waals surface area contributed by atoms with Crippen molar-refractivity contribution in [3.63, 3.8) is 0 Å². The molecule has 0 unspecified atom stereocenters. The Morgan fingerprint density at radius 1 is 1.04 bits per heavy atom. The number of anilines is 1. The maximum atomic E-state index is 11.1. The highest BCUT2D eigenvalue weighted by molar-refractivity contribution is 5.92. The number of rotatable bonds is 6. The molecule has 128 valence electrons. The van der Waals surface area contributed by atoms with E-state index in [1.54, 1.807) is 36.4 Å². The van der Waals surface area contributed by atoms with Crippen molar-refractivity contribution in [2.45, 2.75) is 13.5 Å². The molecule has 25 heavy (non-hydrogen) atoms. The van der Waals surface area contributed by atoms with Crippen LogP contribution in [0.1, 0.15) is 23.0 Å². The number of hydrogen-bond acceptors (Lipinski definition) is 7. The second-order valence-corrected chi connectivity index (χ2v) is 5.17. The molecule has 0 spiro atoms. The summed E-state index contributed by atoms with van der Waals surface area (Å²) in [6.07, 6.45) is 0. The van der Waals surface area contributed by atoms with E-state index in [1.165, 1.54) is 0 Å². The molecule has 1 amide bonds. The fraction of sp³-hybridized carbons (Fsp3) is 0.176. The van der Waals surface area contributed by atoms with Crippen molar-refractivity contribution in [2.75, 3.05) is 12.3 Å². The number of carbonyl (C=O) groups excluding carboxylic acids is 1. The lowest BCUT2D eigenvalue weighted by molar-refractivity contribution is 0.1000. The number of carbonyl (C=O) groups is 1. The van der Waals surface area contributed by atoms with Crippen LogP contribution in [0, 0.1) is 0 Å².